The Morgan fingerprint density at radius 3 is 2.93 bits per heavy atom. The van der Waals surface area contributed by atoms with Gasteiger partial charge >= 0.3 is 0 Å². The van der Waals surface area contributed by atoms with E-state index >= 15 is 0 Å². The molecule has 5 rings (SSSR count). The van der Waals surface area contributed by atoms with E-state index in [1.807, 2.05) is 28.6 Å². The van der Waals surface area contributed by atoms with E-state index in [1.54, 1.807) is 0 Å². The van der Waals surface area contributed by atoms with Crippen molar-refractivity contribution in [2.24, 2.45) is 0 Å². The number of furan rings is 1. The Bertz CT molecular complexity index is 1050. The molecule has 2 bridgehead atoms. The monoisotopic (exact) mass is 368 g/mol. The molecule has 1 fully saturated rings. The second-order valence-electron chi connectivity index (χ2n) is 7.05. The summed E-state index contributed by atoms with van der Waals surface area (Å²) in [4.78, 5) is 19.8. The van der Waals surface area contributed by atoms with Crippen LogP contribution in [0.3, 0.4) is 0 Å². The molecule has 0 aromatic carbocycles. The van der Waals surface area contributed by atoms with E-state index in [-0.39, 0.29) is 23.8 Å². The lowest BCUT2D eigenvalue weighted by molar-refractivity contribution is 0.0605. The maximum Gasteiger partial charge on any atom is 0.294 e. The van der Waals surface area contributed by atoms with Gasteiger partial charge in [0.05, 0.1) is 31.6 Å². The molecule has 2 aliphatic rings. The van der Waals surface area contributed by atoms with Gasteiger partial charge in [-0.05, 0) is 19.8 Å². The second kappa shape index (κ2) is 5.73. The number of rotatable bonds is 3. The standard InChI is InChI=1S/C19H20N4O4/c1-10-6-16-20-8-12-13-5-4-11(7-14(12)23(16)21-10)22(13)19(24)18-17(26-3)15(25-2)9-27-18/h6,8-9,11,13H,4-5,7H2,1-3H3/t11-,13+/m1/s1. The van der Waals surface area contributed by atoms with E-state index in [0.717, 1.165) is 41.9 Å². The molecule has 0 unspecified atom stereocenters. The van der Waals surface area contributed by atoms with Gasteiger partial charge in [-0.2, -0.15) is 5.10 Å². The smallest absolute Gasteiger partial charge is 0.294 e. The summed E-state index contributed by atoms with van der Waals surface area (Å²) in [6.45, 7) is 1.96. The molecule has 3 aromatic heterocycles. The van der Waals surface area contributed by atoms with E-state index in [1.165, 1.54) is 20.5 Å². The Morgan fingerprint density at radius 1 is 1.30 bits per heavy atom. The molecule has 0 saturated carbocycles. The first-order valence-electron chi connectivity index (χ1n) is 8.98. The third kappa shape index (κ3) is 2.19. The first kappa shape index (κ1) is 16.2. The summed E-state index contributed by atoms with van der Waals surface area (Å²) in [6, 6.07) is 2.04. The topological polar surface area (TPSA) is 82.1 Å². The number of ether oxygens (including phenoxy) is 2. The number of fused-ring (bicyclic) bond motifs is 6. The summed E-state index contributed by atoms with van der Waals surface area (Å²) < 4.78 is 18.0. The average molecular weight is 368 g/mol. The molecular weight excluding hydrogens is 348 g/mol. The van der Waals surface area contributed by atoms with Crippen molar-refractivity contribution in [3.63, 3.8) is 0 Å². The average Bonchev–Trinajstić information content (AvgIpc) is 3.34. The van der Waals surface area contributed by atoms with Crippen LogP contribution < -0.4 is 9.47 Å². The number of hydrogen-bond acceptors (Lipinski definition) is 6. The Balaban J connectivity index is 1.57. The summed E-state index contributed by atoms with van der Waals surface area (Å²) in [6.07, 6.45) is 5.88. The van der Waals surface area contributed by atoms with Crippen molar-refractivity contribution < 1.29 is 18.7 Å². The molecule has 0 spiro atoms. The maximum atomic E-state index is 13.3. The molecule has 0 radical (unpaired) electrons. The highest BCUT2D eigenvalue weighted by Crippen LogP contribution is 2.45. The van der Waals surface area contributed by atoms with E-state index in [0.29, 0.717) is 11.5 Å². The SMILES string of the molecule is COc1coc(C(=O)N2[C@@H]3CC[C@H]2c2cnc4cc(C)nn4c2C3)c1OC. The highest BCUT2D eigenvalue weighted by molar-refractivity contribution is 5.96. The predicted octanol–water partition coefficient (Wildman–Crippen LogP) is 2.55. The summed E-state index contributed by atoms with van der Waals surface area (Å²) >= 11 is 0. The molecule has 140 valence electrons. The molecular formula is C19H20N4O4. The van der Waals surface area contributed by atoms with Crippen molar-refractivity contribution >= 4 is 11.6 Å². The van der Waals surface area contributed by atoms with E-state index in [2.05, 4.69) is 10.1 Å². The molecule has 8 nitrogen and oxygen atoms in total. The van der Waals surface area contributed by atoms with Gasteiger partial charge in [-0.1, -0.05) is 0 Å². The lowest BCUT2D eigenvalue weighted by Gasteiger charge is -2.35. The van der Waals surface area contributed by atoms with Crippen molar-refractivity contribution in [3.05, 3.63) is 41.2 Å². The van der Waals surface area contributed by atoms with Crippen LogP contribution in [0.5, 0.6) is 11.5 Å². The zero-order valence-corrected chi connectivity index (χ0v) is 15.4. The van der Waals surface area contributed by atoms with Gasteiger partial charge in [0, 0.05) is 30.3 Å². The third-order valence-corrected chi connectivity index (χ3v) is 5.59. The Hall–Kier alpha value is -3.03. The molecule has 5 heterocycles. The van der Waals surface area contributed by atoms with E-state index < -0.39 is 0 Å². The van der Waals surface area contributed by atoms with Crippen LogP contribution in [-0.4, -0.2) is 45.7 Å². The van der Waals surface area contributed by atoms with Crippen LogP contribution in [0, 0.1) is 6.92 Å². The van der Waals surface area contributed by atoms with Gasteiger partial charge in [-0.15, -0.1) is 0 Å². The first-order valence-corrected chi connectivity index (χ1v) is 8.98. The fraction of sp³-hybridized carbons (Fsp3) is 0.421. The molecule has 1 amide bonds. The number of amides is 1. The van der Waals surface area contributed by atoms with Gasteiger partial charge in [0.2, 0.25) is 11.5 Å². The third-order valence-electron chi connectivity index (χ3n) is 5.59. The highest BCUT2D eigenvalue weighted by Gasteiger charge is 2.45. The van der Waals surface area contributed by atoms with Gasteiger partial charge in [0.25, 0.3) is 5.91 Å². The van der Waals surface area contributed by atoms with E-state index in [9.17, 15) is 4.79 Å². The minimum atomic E-state index is -0.176. The zero-order chi connectivity index (χ0) is 18.7. The number of carbonyl (C=O) groups is 1. The normalized spacial score (nSPS) is 20.8. The number of carbonyl (C=O) groups excluding carboxylic acids is 1. The predicted molar refractivity (Wildman–Crippen MR) is 95.2 cm³/mol. The Labute approximate surface area is 155 Å². The van der Waals surface area contributed by atoms with Crippen LogP contribution in [0.4, 0.5) is 0 Å². The molecule has 2 aliphatic heterocycles. The summed E-state index contributed by atoms with van der Waals surface area (Å²) in [5.74, 6) is 0.758. The largest absolute Gasteiger partial charge is 0.490 e. The van der Waals surface area contributed by atoms with Gasteiger partial charge in [0.15, 0.2) is 11.4 Å². The Kier molecular flexibility index (Phi) is 3.43. The van der Waals surface area contributed by atoms with Crippen molar-refractivity contribution in [2.75, 3.05) is 14.2 Å². The fourth-order valence-corrected chi connectivity index (χ4v) is 4.44. The number of methoxy groups -OCH3 is 2. The minimum absolute atomic E-state index is 0.0338. The summed E-state index contributed by atoms with van der Waals surface area (Å²) in [7, 11) is 3.02. The van der Waals surface area contributed by atoms with Crippen molar-refractivity contribution in [1.82, 2.24) is 19.5 Å². The first-order chi connectivity index (χ1) is 13.1. The van der Waals surface area contributed by atoms with Crippen LogP contribution in [0.2, 0.25) is 0 Å². The number of aryl methyl sites for hydroxylation is 1. The number of nitrogens with zero attached hydrogens (tertiary/aromatic N) is 4. The number of hydrogen-bond donors (Lipinski definition) is 0. The van der Waals surface area contributed by atoms with Crippen LogP contribution in [0.1, 0.15) is 46.4 Å². The van der Waals surface area contributed by atoms with Gasteiger partial charge < -0.3 is 18.8 Å². The molecule has 3 aromatic rings. The van der Waals surface area contributed by atoms with Crippen LogP contribution in [0.15, 0.2) is 22.9 Å². The number of aromatic nitrogens is 3. The van der Waals surface area contributed by atoms with Crippen molar-refractivity contribution in [1.29, 1.82) is 0 Å². The van der Waals surface area contributed by atoms with Crippen LogP contribution >= 0.6 is 0 Å². The fourth-order valence-electron chi connectivity index (χ4n) is 4.44. The van der Waals surface area contributed by atoms with Gasteiger partial charge in [0.1, 0.15) is 6.26 Å². The molecule has 27 heavy (non-hydrogen) atoms. The summed E-state index contributed by atoms with van der Waals surface area (Å²) in [5.41, 5.74) is 4.00. The van der Waals surface area contributed by atoms with Crippen LogP contribution in [0.25, 0.3) is 5.65 Å². The molecule has 2 atom stereocenters. The van der Waals surface area contributed by atoms with Crippen molar-refractivity contribution in [2.45, 2.75) is 38.3 Å². The molecule has 0 aliphatic carbocycles. The molecule has 0 N–H and O–H groups in total. The minimum Gasteiger partial charge on any atom is -0.490 e. The Morgan fingerprint density at radius 2 is 2.15 bits per heavy atom. The van der Waals surface area contributed by atoms with Gasteiger partial charge in [-0.25, -0.2) is 9.50 Å². The van der Waals surface area contributed by atoms with E-state index in [4.69, 9.17) is 13.9 Å². The lowest BCUT2D eigenvalue weighted by Crippen LogP contribution is -2.42. The van der Waals surface area contributed by atoms with Crippen molar-refractivity contribution in [3.8, 4) is 11.5 Å². The zero-order valence-electron chi connectivity index (χ0n) is 15.4. The summed E-state index contributed by atoms with van der Waals surface area (Å²) in [5, 5.41) is 4.59. The van der Waals surface area contributed by atoms with Crippen LogP contribution in [-0.2, 0) is 6.42 Å². The molecule has 8 heteroatoms. The highest BCUT2D eigenvalue weighted by atomic mass is 16.5. The maximum absolute atomic E-state index is 13.3. The quantitative estimate of drug-likeness (QED) is 0.707. The van der Waals surface area contributed by atoms with Gasteiger partial charge in [-0.3, -0.25) is 4.79 Å². The molecule has 1 saturated heterocycles. The lowest BCUT2D eigenvalue weighted by atomic mass is 9.98. The second-order valence-corrected chi connectivity index (χ2v) is 7.05.